The molecule has 3 atom stereocenters. The van der Waals surface area contributed by atoms with E-state index >= 15 is 0 Å². The molecule has 15 heteroatoms. The number of carbonyl (C=O) groups is 4. The number of aryl methyl sites for hydroxylation is 2. The van der Waals surface area contributed by atoms with E-state index in [1.165, 1.54) is 0 Å². The molecule has 386 valence electrons. The highest BCUT2D eigenvalue weighted by Gasteiger charge is 2.27. The molecular formula is C59H67N7O8. The number of amides is 2. The van der Waals surface area contributed by atoms with Gasteiger partial charge in [0.2, 0.25) is 11.8 Å². The van der Waals surface area contributed by atoms with Crippen LogP contribution in [0.2, 0.25) is 0 Å². The number of pyridine rings is 2. The van der Waals surface area contributed by atoms with E-state index in [4.69, 9.17) is 15.2 Å². The lowest BCUT2D eigenvalue weighted by atomic mass is 9.88. The van der Waals surface area contributed by atoms with Crippen LogP contribution in [0, 0.1) is 13.8 Å². The van der Waals surface area contributed by atoms with Gasteiger partial charge in [0.25, 0.3) is 0 Å². The monoisotopic (exact) mass is 1000 g/mol. The summed E-state index contributed by atoms with van der Waals surface area (Å²) in [6.45, 7) is 7.00. The Morgan fingerprint density at radius 1 is 0.608 bits per heavy atom. The van der Waals surface area contributed by atoms with Crippen molar-refractivity contribution in [1.82, 2.24) is 20.6 Å². The maximum atomic E-state index is 13.2. The summed E-state index contributed by atoms with van der Waals surface area (Å²) in [7, 11) is 0. The van der Waals surface area contributed by atoms with E-state index in [1.807, 2.05) is 105 Å². The van der Waals surface area contributed by atoms with Crippen LogP contribution in [0.25, 0.3) is 0 Å². The molecule has 8 N–H and O–H groups in total. The lowest BCUT2D eigenvalue weighted by Crippen LogP contribution is -2.41. The molecule has 0 aliphatic heterocycles. The van der Waals surface area contributed by atoms with Crippen LogP contribution in [0.3, 0.4) is 0 Å². The molecule has 0 saturated carbocycles. The molecule has 0 fully saturated rings. The topological polar surface area (TPSA) is 227 Å². The van der Waals surface area contributed by atoms with Gasteiger partial charge in [-0.1, -0.05) is 48.5 Å². The van der Waals surface area contributed by atoms with Crippen LogP contribution in [0.1, 0.15) is 117 Å². The second kappa shape index (κ2) is 25.2. The number of aromatic nitrogens is 2. The smallest absolute Gasteiger partial charge is 0.303 e. The Morgan fingerprint density at radius 2 is 1.09 bits per heavy atom. The third kappa shape index (κ3) is 14.9. The number of nitrogens with zero attached hydrogens (tertiary/aromatic N) is 2. The van der Waals surface area contributed by atoms with Crippen molar-refractivity contribution in [2.75, 3.05) is 36.9 Å². The highest BCUT2D eigenvalue weighted by atomic mass is 16.5. The van der Waals surface area contributed by atoms with Crippen molar-refractivity contribution in [2.45, 2.75) is 109 Å². The van der Waals surface area contributed by atoms with Gasteiger partial charge >= 0.3 is 11.9 Å². The Balaban J connectivity index is 0.813. The number of nitrogens with two attached hydrogens (primary N) is 1. The van der Waals surface area contributed by atoms with Gasteiger partial charge in [0.1, 0.15) is 23.1 Å². The Labute approximate surface area is 432 Å². The number of anilines is 2. The summed E-state index contributed by atoms with van der Waals surface area (Å²) in [5, 5.41) is 32.3. The standard InChI is InChI=1S/C59H67N7O8/c1-37-15-19-63-54(23-37)61-17-3-21-73-49-9-7-41-27-47(33-57(68)69)51-11-5-39(25-45(51)29-43(41)31-49)35-65-56(67)14-13-53(60)59(72)66-36-40-6-12-52-46(26-40)30-44-32-50(10-8-42(44)28-48(52)34-58(70)71)74-22-4-18-62-55-24-38(2)16-20-64-55/h5-12,15-16,19-20,23-26,31-32,47-48,53H,3-4,13-14,17-18,21-22,27-30,33-36,60H2,1-2H3,(H,61,63)(H,62,64)(H,65,67)(H,66,72)(H,68,69)(H,70,71). The zero-order valence-corrected chi connectivity index (χ0v) is 42.3. The summed E-state index contributed by atoms with van der Waals surface area (Å²) >= 11 is 0. The van der Waals surface area contributed by atoms with Gasteiger partial charge in [0.15, 0.2) is 0 Å². The summed E-state index contributed by atoms with van der Waals surface area (Å²) in [6, 6.07) is 31.0. The van der Waals surface area contributed by atoms with E-state index in [0.717, 1.165) is 103 Å². The number of fused-ring (bicyclic) bond motifs is 4. The van der Waals surface area contributed by atoms with Crippen LogP contribution >= 0.6 is 0 Å². The van der Waals surface area contributed by atoms with Crippen LogP contribution in [-0.2, 0) is 58.0 Å². The first kappa shape index (κ1) is 52.5. The van der Waals surface area contributed by atoms with E-state index < -0.39 is 18.0 Å². The van der Waals surface area contributed by atoms with Crippen molar-refractivity contribution in [1.29, 1.82) is 0 Å². The fraction of sp³-hybridized carbons (Fsp3) is 0.356. The highest BCUT2D eigenvalue weighted by molar-refractivity contribution is 5.83. The van der Waals surface area contributed by atoms with E-state index in [9.17, 15) is 29.4 Å². The van der Waals surface area contributed by atoms with Crippen molar-refractivity contribution in [3.8, 4) is 11.5 Å². The summed E-state index contributed by atoms with van der Waals surface area (Å²) in [5.74, 6) is 0.416. The van der Waals surface area contributed by atoms with Crippen molar-refractivity contribution < 1.29 is 38.9 Å². The number of carboxylic acids is 2. The van der Waals surface area contributed by atoms with E-state index in [-0.39, 0.29) is 62.4 Å². The second-order valence-corrected chi connectivity index (χ2v) is 19.6. The molecule has 8 rings (SSSR count). The van der Waals surface area contributed by atoms with Crippen molar-refractivity contribution in [3.05, 3.63) is 176 Å². The molecule has 6 aromatic rings. The quantitative estimate of drug-likeness (QED) is 0.0284. The highest BCUT2D eigenvalue weighted by Crippen LogP contribution is 2.38. The fourth-order valence-corrected chi connectivity index (χ4v) is 9.95. The number of hydrogen-bond acceptors (Lipinski definition) is 11. The number of nitrogens with one attached hydrogen (secondary N) is 4. The Morgan fingerprint density at radius 3 is 1.57 bits per heavy atom. The predicted molar refractivity (Wildman–Crippen MR) is 285 cm³/mol. The van der Waals surface area contributed by atoms with Crippen LogP contribution in [0.4, 0.5) is 11.6 Å². The van der Waals surface area contributed by atoms with Gasteiger partial charge in [-0.3, -0.25) is 19.2 Å². The molecule has 2 amide bonds. The molecule has 3 unspecified atom stereocenters. The average Bonchev–Trinajstić information content (AvgIpc) is 3.61. The third-order valence-corrected chi connectivity index (χ3v) is 13.8. The van der Waals surface area contributed by atoms with Crippen molar-refractivity contribution >= 4 is 35.4 Å². The van der Waals surface area contributed by atoms with Gasteiger partial charge in [0, 0.05) is 45.0 Å². The lowest BCUT2D eigenvalue weighted by Gasteiger charge is -2.18. The van der Waals surface area contributed by atoms with Gasteiger partial charge in [0.05, 0.1) is 32.1 Å². The van der Waals surface area contributed by atoms with Crippen LogP contribution < -0.4 is 36.5 Å². The summed E-state index contributed by atoms with van der Waals surface area (Å²) in [6.07, 6.45) is 7.67. The normalized spacial score (nSPS) is 14.9. The Bertz CT molecular complexity index is 2960. The molecule has 2 aliphatic rings. The van der Waals surface area contributed by atoms with Crippen LogP contribution in [0.15, 0.2) is 109 Å². The first-order valence-corrected chi connectivity index (χ1v) is 25.6. The number of carboxylic acid groups (broad SMARTS) is 2. The first-order valence-electron chi connectivity index (χ1n) is 25.6. The molecule has 2 aromatic heterocycles. The van der Waals surface area contributed by atoms with E-state index in [1.54, 1.807) is 12.4 Å². The number of rotatable bonds is 24. The average molecular weight is 1000 g/mol. The van der Waals surface area contributed by atoms with Gasteiger partial charge in [-0.2, -0.15) is 0 Å². The molecule has 74 heavy (non-hydrogen) atoms. The maximum Gasteiger partial charge on any atom is 0.303 e. The van der Waals surface area contributed by atoms with Crippen LogP contribution in [0.5, 0.6) is 11.5 Å². The summed E-state index contributed by atoms with van der Waals surface area (Å²) in [4.78, 5) is 59.1. The SMILES string of the molecule is Cc1ccnc(NCCCOc2ccc3c(c2)Cc2cc(CNC(=O)CCC(N)C(=O)NCc4ccc5c(c4)Cc4cc(OCCCNc6cc(C)ccn6)ccc4CC5CC(=O)O)ccc2C(CC(=O)O)C3)c1. The van der Waals surface area contributed by atoms with Gasteiger partial charge < -0.3 is 46.7 Å². The summed E-state index contributed by atoms with van der Waals surface area (Å²) in [5.41, 5.74) is 18.6. The molecular weight excluding hydrogens is 935 g/mol. The lowest BCUT2D eigenvalue weighted by molar-refractivity contribution is -0.138. The number of ether oxygens (including phenoxy) is 2. The van der Waals surface area contributed by atoms with Crippen LogP contribution in [-0.4, -0.2) is 76.3 Å². The maximum absolute atomic E-state index is 13.2. The number of aliphatic carboxylic acids is 2. The Hall–Kier alpha value is -7.78. The molecule has 4 aromatic carbocycles. The first-order chi connectivity index (χ1) is 35.8. The molecule has 2 heterocycles. The third-order valence-electron chi connectivity index (χ3n) is 13.8. The summed E-state index contributed by atoms with van der Waals surface area (Å²) < 4.78 is 12.3. The van der Waals surface area contributed by atoms with E-state index in [2.05, 4.69) is 37.3 Å². The molecule has 0 bridgehead atoms. The van der Waals surface area contributed by atoms with E-state index in [0.29, 0.717) is 52.0 Å². The second-order valence-electron chi connectivity index (χ2n) is 19.6. The van der Waals surface area contributed by atoms with Gasteiger partial charge in [-0.05, 0) is 186 Å². The predicted octanol–water partition coefficient (Wildman–Crippen LogP) is 8.31. The minimum absolute atomic E-state index is 0.000147. The van der Waals surface area contributed by atoms with Crippen molar-refractivity contribution in [3.63, 3.8) is 0 Å². The van der Waals surface area contributed by atoms with Crippen molar-refractivity contribution in [2.24, 2.45) is 5.73 Å². The zero-order valence-electron chi connectivity index (χ0n) is 42.3. The van der Waals surface area contributed by atoms with Gasteiger partial charge in [-0.15, -0.1) is 0 Å². The molecule has 15 nitrogen and oxygen atoms in total. The number of hydrogen-bond donors (Lipinski definition) is 7. The number of carbonyl (C=O) groups excluding carboxylic acids is 2. The fourth-order valence-electron chi connectivity index (χ4n) is 9.95. The minimum atomic E-state index is -0.915. The zero-order chi connectivity index (χ0) is 52.0. The number of benzene rings is 4. The molecule has 0 saturated heterocycles. The molecule has 0 spiro atoms. The minimum Gasteiger partial charge on any atom is -0.494 e. The molecule has 2 aliphatic carbocycles. The molecule has 0 radical (unpaired) electrons. The van der Waals surface area contributed by atoms with Gasteiger partial charge in [-0.25, -0.2) is 9.97 Å². The Kier molecular flexibility index (Phi) is 17.9. The largest absolute Gasteiger partial charge is 0.494 e.